The van der Waals surface area contributed by atoms with E-state index in [1.807, 2.05) is 60.7 Å². The van der Waals surface area contributed by atoms with Crippen LogP contribution in [0.3, 0.4) is 0 Å². The summed E-state index contributed by atoms with van der Waals surface area (Å²) in [5.74, 6) is 0.694. The summed E-state index contributed by atoms with van der Waals surface area (Å²) in [5.41, 5.74) is 1.20. The molecule has 0 fully saturated rings. The number of ether oxygens (including phenoxy) is 1. The van der Waals surface area contributed by atoms with E-state index >= 15 is 0 Å². The van der Waals surface area contributed by atoms with Crippen LogP contribution < -0.4 is 10.1 Å². The van der Waals surface area contributed by atoms with Crippen molar-refractivity contribution in [1.82, 2.24) is 10.2 Å². The summed E-state index contributed by atoms with van der Waals surface area (Å²) in [6, 6.07) is 19.5. The first-order valence-electron chi connectivity index (χ1n) is 8.89. The first-order valence-corrected chi connectivity index (χ1v) is 8.89. The van der Waals surface area contributed by atoms with Crippen molar-refractivity contribution < 1.29 is 14.3 Å². The van der Waals surface area contributed by atoms with Crippen LogP contribution in [-0.4, -0.2) is 43.0 Å². The monoisotopic (exact) mass is 354 g/mol. The molecule has 0 aliphatic carbocycles. The SMILES string of the molecule is CC(=O)N(CCNC(=O)CCOc1ccccc1)CCc1ccccc1. The number of nitrogens with one attached hydrogen (secondary N) is 1. The first-order chi connectivity index (χ1) is 12.6. The second-order valence-electron chi connectivity index (χ2n) is 6.00. The van der Waals surface area contributed by atoms with Gasteiger partial charge in [-0.3, -0.25) is 9.59 Å². The Morgan fingerprint density at radius 3 is 2.27 bits per heavy atom. The predicted molar refractivity (Wildman–Crippen MR) is 102 cm³/mol. The van der Waals surface area contributed by atoms with E-state index in [4.69, 9.17) is 4.74 Å². The van der Waals surface area contributed by atoms with E-state index in [0.717, 1.165) is 12.2 Å². The second-order valence-corrected chi connectivity index (χ2v) is 6.00. The first kappa shape index (κ1) is 19.5. The number of carbonyl (C=O) groups excluding carboxylic acids is 2. The van der Waals surface area contributed by atoms with Gasteiger partial charge in [-0.2, -0.15) is 0 Å². The molecule has 138 valence electrons. The molecule has 2 aromatic carbocycles. The number of nitrogens with zero attached hydrogens (tertiary/aromatic N) is 1. The van der Waals surface area contributed by atoms with Crippen molar-refractivity contribution in [2.75, 3.05) is 26.2 Å². The third-order valence-electron chi connectivity index (χ3n) is 4.00. The van der Waals surface area contributed by atoms with E-state index in [0.29, 0.717) is 32.7 Å². The Morgan fingerprint density at radius 1 is 0.962 bits per heavy atom. The van der Waals surface area contributed by atoms with Crippen LogP contribution in [0, 0.1) is 0 Å². The average Bonchev–Trinajstić information content (AvgIpc) is 2.66. The summed E-state index contributed by atoms with van der Waals surface area (Å²) in [5, 5.41) is 2.84. The highest BCUT2D eigenvalue weighted by Crippen LogP contribution is 2.08. The molecule has 26 heavy (non-hydrogen) atoms. The van der Waals surface area contributed by atoms with Crippen LogP contribution in [0.4, 0.5) is 0 Å². The van der Waals surface area contributed by atoms with E-state index in [2.05, 4.69) is 5.32 Å². The third kappa shape index (κ3) is 7.38. The molecular weight excluding hydrogens is 328 g/mol. The lowest BCUT2D eigenvalue weighted by Gasteiger charge is -2.21. The molecule has 0 aliphatic heterocycles. The van der Waals surface area contributed by atoms with Crippen LogP contribution in [0.2, 0.25) is 0 Å². The van der Waals surface area contributed by atoms with Gasteiger partial charge in [0.2, 0.25) is 11.8 Å². The van der Waals surface area contributed by atoms with Gasteiger partial charge in [-0.05, 0) is 24.1 Å². The summed E-state index contributed by atoms with van der Waals surface area (Å²) in [6.45, 7) is 3.49. The summed E-state index contributed by atoms with van der Waals surface area (Å²) in [6.07, 6.45) is 1.10. The van der Waals surface area contributed by atoms with Crippen molar-refractivity contribution >= 4 is 11.8 Å². The molecular formula is C21H26N2O3. The molecule has 0 aromatic heterocycles. The number of hydrogen-bond donors (Lipinski definition) is 1. The van der Waals surface area contributed by atoms with E-state index < -0.39 is 0 Å². The van der Waals surface area contributed by atoms with Gasteiger partial charge in [0.15, 0.2) is 0 Å². The zero-order valence-electron chi connectivity index (χ0n) is 15.2. The zero-order valence-corrected chi connectivity index (χ0v) is 15.2. The molecule has 0 heterocycles. The lowest BCUT2D eigenvalue weighted by molar-refractivity contribution is -0.129. The lowest BCUT2D eigenvalue weighted by Crippen LogP contribution is -2.38. The summed E-state index contributed by atoms with van der Waals surface area (Å²) in [7, 11) is 0. The Balaban J connectivity index is 1.63. The van der Waals surface area contributed by atoms with Gasteiger partial charge < -0.3 is 15.0 Å². The molecule has 2 rings (SSSR count). The van der Waals surface area contributed by atoms with Crippen LogP contribution in [0.25, 0.3) is 0 Å². The van der Waals surface area contributed by atoms with E-state index in [-0.39, 0.29) is 11.8 Å². The maximum atomic E-state index is 11.9. The highest BCUT2D eigenvalue weighted by atomic mass is 16.5. The minimum Gasteiger partial charge on any atom is -0.493 e. The molecule has 0 atom stereocenters. The maximum Gasteiger partial charge on any atom is 0.223 e. The van der Waals surface area contributed by atoms with E-state index in [9.17, 15) is 9.59 Å². The fourth-order valence-corrected chi connectivity index (χ4v) is 2.53. The van der Waals surface area contributed by atoms with Gasteiger partial charge in [0.05, 0.1) is 13.0 Å². The minimum atomic E-state index is -0.0764. The molecule has 2 aromatic rings. The summed E-state index contributed by atoms with van der Waals surface area (Å²) < 4.78 is 5.50. The van der Waals surface area contributed by atoms with Crippen molar-refractivity contribution in [3.05, 3.63) is 66.2 Å². The van der Waals surface area contributed by atoms with Crippen molar-refractivity contribution in [3.63, 3.8) is 0 Å². The molecule has 2 amide bonds. The largest absolute Gasteiger partial charge is 0.493 e. The zero-order chi connectivity index (χ0) is 18.6. The molecule has 5 heteroatoms. The Morgan fingerprint density at radius 2 is 1.62 bits per heavy atom. The molecule has 5 nitrogen and oxygen atoms in total. The van der Waals surface area contributed by atoms with Crippen LogP contribution in [0.5, 0.6) is 5.75 Å². The highest BCUT2D eigenvalue weighted by Gasteiger charge is 2.09. The lowest BCUT2D eigenvalue weighted by atomic mass is 10.1. The van der Waals surface area contributed by atoms with Crippen molar-refractivity contribution in [2.45, 2.75) is 19.8 Å². The highest BCUT2D eigenvalue weighted by molar-refractivity contribution is 5.76. The average molecular weight is 354 g/mol. The summed E-state index contributed by atoms with van der Waals surface area (Å²) in [4.78, 5) is 25.4. The van der Waals surface area contributed by atoms with Crippen LogP contribution in [-0.2, 0) is 16.0 Å². The van der Waals surface area contributed by atoms with Gasteiger partial charge >= 0.3 is 0 Å². The van der Waals surface area contributed by atoms with Gasteiger partial charge in [0.1, 0.15) is 5.75 Å². The number of para-hydroxylation sites is 1. The Kier molecular flexibility index (Phi) is 8.19. The number of benzene rings is 2. The Bertz CT molecular complexity index is 674. The van der Waals surface area contributed by atoms with Gasteiger partial charge in [0.25, 0.3) is 0 Å². The van der Waals surface area contributed by atoms with Crippen molar-refractivity contribution in [1.29, 1.82) is 0 Å². The molecule has 0 spiro atoms. The fraction of sp³-hybridized carbons (Fsp3) is 0.333. The number of rotatable bonds is 10. The molecule has 0 saturated carbocycles. The normalized spacial score (nSPS) is 10.2. The van der Waals surface area contributed by atoms with Gasteiger partial charge in [-0.25, -0.2) is 0 Å². The smallest absolute Gasteiger partial charge is 0.223 e. The van der Waals surface area contributed by atoms with Crippen LogP contribution >= 0.6 is 0 Å². The predicted octanol–water partition coefficient (Wildman–Crippen LogP) is 2.66. The van der Waals surface area contributed by atoms with Gasteiger partial charge in [-0.15, -0.1) is 0 Å². The third-order valence-corrected chi connectivity index (χ3v) is 4.00. The molecule has 0 bridgehead atoms. The van der Waals surface area contributed by atoms with Gasteiger partial charge in [0, 0.05) is 26.6 Å². The standard InChI is InChI=1S/C21H26N2O3/c1-18(24)23(15-12-19-8-4-2-5-9-19)16-14-22-21(25)13-17-26-20-10-6-3-7-11-20/h2-11H,12-17H2,1H3,(H,22,25). The molecule has 0 radical (unpaired) electrons. The van der Waals surface area contributed by atoms with Crippen molar-refractivity contribution in [2.24, 2.45) is 0 Å². The summed E-state index contributed by atoms with van der Waals surface area (Å²) >= 11 is 0. The van der Waals surface area contributed by atoms with Crippen LogP contribution in [0.15, 0.2) is 60.7 Å². The van der Waals surface area contributed by atoms with E-state index in [1.165, 1.54) is 5.56 Å². The minimum absolute atomic E-state index is 0.0163. The maximum absolute atomic E-state index is 11.9. The Labute approximate surface area is 155 Å². The number of amides is 2. The molecule has 0 saturated heterocycles. The Hall–Kier alpha value is -2.82. The van der Waals surface area contributed by atoms with Gasteiger partial charge in [-0.1, -0.05) is 48.5 Å². The molecule has 0 aliphatic rings. The van der Waals surface area contributed by atoms with Crippen LogP contribution in [0.1, 0.15) is 18.9 Å². The molecule has 1 N–H and O–H groups in total. The molecule has 0 unspecified atom stereocenters. The second kappa shape index (κ2) is 10.9. The topological polar surface area (TPSA) is 58.6 Å². The quantitative estimate of drug-likeness (QED) is 0.714. The van der Waals surface area contributed by atoms with E-state index in [1.54, 1.807) is 11.8 Å². The number of carbonyl (C=O) groups is 2. The van der Waals surface area contributed by atoms with Crippen molar-refractivity contribution in [3.8, 4) is 5.75 Å². The fourth-order valence-electron chi connectivity index (χ4n) is 2.53. The number of hydrogen-bond acceptors (Lipinski definition) is 3.